The topological polar surface area (TPSA) is 90.5 Å². The average Bonchev–Trinajstić information content (AvgIpc) is 3.55. The summed E-state index contributed by atoms with van der Waals surface area (Å²) in [6.07, 6.45) is 3.17. The van der Waals surface area contributed by atoms with Crippen molar-refractivity contribution >= 4 is 21.7 Å². The van der Waals surface area contributed by atoms with Crippen LogP contribution in [0.5, 0.6) is 0 Å². The predicted octanol–water partition coefficient (Wildman–Crippen LogP) is 3.05. The summed E-state index contributed by atoms with van der Waals surface area (Å²) in [6.45, 7) is 2.65. The minimum Gasteiger partial charge on any atom is -0.335 e. The van der Waals surface area contributed by atoms with Crippen LogP contribution in [0, 0.1) is 5.82 Å². The van der Waals surface area contributed by atoms with Gasteiger partial charge in [-0.15, -0.1) is 0 Å². The maximum absolute atomic E-state index is 14.1. The van der Waals surface area contributed by atoms with Crippen LogP contribution in [0.2, 0.25) is 0 Å². The quantitative estimate of drug-likeness (QED) is 0.610. The van der Waals surface area contributed by atoms with E-state index in [9.17, 15) is 17.6 Å². The molecular weight excluding hydrogens is 419 g/mol. The zero-order valence-corrected chi connectivity index (χ0v) is 18.0. The second kappa shape index (κ2) is 9.33. The van der Waals surface area contributed by atoms with Gasteiger partial charge in [0, 0.05) is 37.4 Å². The van der Waals surface area contributed by atoms with Crippen LogP contribution in [-0.4, -0.2) is 44.5 Å². The molecule has 3 N–H and O–H groups in total. The van der Waals surface area contributed by atoms with Gasteiger partial charge in [-0.25, -0.2) is 22.3 Å². The number of likely N-dealkylation sites (tertiary alicyclic amines) is 1. The van der Waals surface area contributed by atoms with Crippen molar-refractivity contribution in [2.75, 3.05) is 18.4 Å². The first kappa shape index (κ1) is 21.7. The van der Waals surface area contributed by atoms with E-state index in [1.807, 2.05) is 18.2 Å². The van der Waals surface area contributed by atoms with Gasteiger partial charge in [0.15, 0.2) is 0 Å². The molecule has 0 atom stereocenters. The van der Waals surface area contributed by atoms with E-state index in [-0.39, 0.29) is 17.8 Å². The van der Waals surface area contributed by atoms with Crippen LogP contribution in [0.4, 0.5) is 14.9 Å². The lowest BCUT2D eigenvalue weighted by Crippen LogP contribution is -2.45. The molecule has 1 aliphatic heterocycles. The Morgan fingerprint density at radius 1 is 1.00 bits per heavy atom. The highest BCUT2D eigenvalue weighted by atomic mass is 32.2. The molecule has 1 heterocycles. The Balaban J connectivity index is 1.29. The SMILES string of the molecule is O=C(Nc1ccc(F)c(S(=O)(=O)NC2CC2)c1)NC1CCN(Cc2ccccc2)CC1. The van der Waals surface area contributed by atoms with Gasteiger partial charge in [0.05, 0.1) is 0 Å². The summed E-state index contributed by atoms with van der Waals surface area (Å²) >= 11 is 0. The van der Waals surface area contributed by atoms with Crippen LogP contribution < -0.4 is 15.4 Å². The fraction of sp³-hybridized carbons (Fsp3) is 0.409. The van der Waals surface area contributed by atoms with Crippen LogP contribution in [0.25, 0.3) is 0 Å². The number of carbonyl (C=O) groups excluding carboxylic acids is 1. The normalized spacial score (nSPS) is 18.0. The van der Waals surface area contributed by atoms with Gasteiger partial charge < -0.3 is 10.6 Å². The molecule has 9 heteroatoms. The number of nitrogens with zero attached hydrogens (tertiary/aromatic N) is 1. The molecule has 2 aromatic carbocycles. The van der Waals surface area contributed by atoms with Crippen LogP contribution in [0.3, 0.4) is 0 Å². The van der Waals surface area contributed by atoms with Crippen molar-refractivity contribution in [3.05, 3.63) is 59.9 Å². The van der Waals surface area contributed by atoms with E-state index in [1.165, 1.54) is 11.6 Å². The average molecular weight is 447 g/mol. The van der Waals surface area contributed by atoms with E-state index in [2.05, 4.69) is 32.4 Å². The van der Waals surface area contributed by atoms with Gasteiger partial charge >= 0.3 is 6.03 Å². The number of sulfonamides is 1. The number of hydrogen-bond donors (Lipinski definition) is 3. The molecule has 0 aromatic heterocycles. The first-order chi connectivity index (χ1) is 14.9. The number of carbonyl (C=O) groups is 1. The number of piperidine rings is 1. The predicted molar refractivity (Wildman–Crippen MR) is 117 cm³/mol. The van der Waals surface area contributed by atoms with E-state index in [1.54, 1.807) is 0 Å². The number of anilines is 1. The van der Waals surface area contributed by atoms with Crippen LogP contribution in [-0.2, 0) is 16.6 Å². The zero-order chi connectivity index (χ0) is 21.8. The highest BCUT2D eigenvalue weighted by Crippen LogP contribution is 2.25. The smallest absolute Gasteiger partial charge is 0.319 e. The highest BCUT2D eigenvalue weighted by molar-refractivity contribution is 7.89. The fourth-order valence-electron chi connectivity index (χ4n) is 3.70. The third-order valence-electron chi connectivity index (χ3n) is 5.55. The molecule has 1 saturated carbocycles. The van der Waals surface area contributed by atoms with Crippen molar-refractivity contribution in [1.29, 1.82) is 0 Å². The van der Waals surface area contributed by atoms with Gasteiger partial charge in [-0.05, 0) is 49.4 Å². The van der Waals surface area contributed by atoms with Gasteiger partial charge in [-0.1, -0.05) is 30.3 Å². The molecule has 2 fully saturated rings. The largest absolute Gasteiger partial charge is 0.335 e. The lowest BCUT2D eigenvalue weighted by molar-refractivity contribution is 0.190. The second-order valence-electron chi connectivity index (χ2n) is 8.18. The Morgan fingerprint density at radius 3 is 2.39 bits per heavy atom. The van der Waals surface area contributed by atoms with Crippen molar-refractivity contribution < 1.29 is 17.6 Å². The molecule has 0 bridgehead atoms. The van der Waals surface area contributed by atoms with Crippen LogP contribution >= 0.6 is 0 Å². The number of hydrogen-bond acceptors (Lipinski definition) is 4. The molecule has 7 nitrogen and oxygen atoms in total. The van der Waals surface area contributed by atoms with Crippen molar-refractivity contribution in [2.24, 2.45) is 0 Å². The van der Waals surface area contributed by atoms with Crippen LogP contribution in [0.1, 0.15) is 31.2 Å². The molecular formula is C22H27FN4O3S. The maximum atomic E-state index is 14.1. The Morgan fingerprint density at radius 2 is 1.71 bits per heavy atom. The molecule has 31 heavy (non-hydrogen) atoms. The Kier molecular flexibility index (Phi) is 6.54. The fourth-order valence-corrected chi connectivity index (χ4v) is 5.11. The van der Waals surface area contributed by atoms with E-state index in [0.717, 1.165) is 57.5 Å². The summed E-state index contributed by atoms with van der Waals surface area (Å²) in [4.78, 5) is 14.3. The minimum atomic E-state index is -3.95. The number of rotatable bonds is 7. The minimum absolute atomic E-state index is 0.0345. The number of halogens is 1. The van der Waals surface area contributed by atoms with Gasteiger partial charge in [0.25, 0.3) is 0 Å². The van der Waals surface area contributed by atoms with E-state index >= 15 is 0 Å². The molecule has 1 aliphatic carbocycles. The Hall–Kier alpha value is -2.49. The first-order valence-corrected chi connectivity index (χ1v) is 12.0. The first-order valence-electron chi connectivity index (χ1n) is 10.5. The Bertz CT molecular complexity index is 1020. The molecule has 0 spiro atoms. The van der Waals surface area contributed by atoms with Crippen LogP contribution in [0.15, 0.2) is 53.4 Å². The summed E-state index contributed by atoms with van der Waals surface area (Å²) < 4.78 is 41.2. The Labute approximate surface area is 182 Å². The molecule has 2 amide bonds. The molecule has 2 aliphatic rings. The van der Waals surface area contributed by atoms with Crippen molar-refractivity contribution in [3.8, 4) is 0 Å². The molecule has 1 saturated heterocycles. The zero-order valence-electron chi connectivity index (χ0n) is 17.2. The third-order valence-corrected chi connectivity index (χ3v) is 7.09. The summed E-state index contributed by atoms with van der Waals surface area (Å²) in [6, 6.07) is 13.3. The standard InChI is InChI=1S/C22H27FN4O3S/c23-20-9-8-19(14-21(20)31(29,30)26-18-6-7-18)25-22(28)24-17-10-12-27(13-11-17)15-16-4-2-1-3-5-16/h1-5,8-9,14,17-18,26H,6-7,10-13,15H2,(H2,24,25,28). The van der Waals surface area contributed by atoms with Gasteiger partial charge in [0.1, 0.15) is 10.7 Å². The molecule has 166 valence electrons. The van der Waals surface area contributed by atoms with E-state index in [0.29, 0.717) is 0 Å². The third kappa shape index (κ3) is 6.03. The molecule has 0 radical (unpaired) electrons. The summed E-state index contributed by atoms with van der Waals surface area (Å²) in [7, 11) is -3.95. The second-order valence-corrected chi connectivity index (χ2v) is 9.86. The molecule has 2 aromatic rings. The number of amides is 2. The number of benzene rings is 2. The lowest BCUT2D eigenvalue weighted by Gasteiger charge is -2.32. The van der Waals surface area contributed by atoms with Crippen molar-refractivity contribution in [1.82, 2.24) is 14.9 Å². The molecule has 4 rings (SSSR count). The van der Waals surface area contributed by atoms with Gasteiger partial charge in [0.2, 0.25) is 10.0 Å². The number of nitrogens with one attached hydrogen (secondary N) is 3. The van der Waals surface area contributed by atoms with Gasteiger partial charge in [-0.2, -0.15) is 0 Å². The van der Waals surface area contributed by atoms with Crippen molar-refractivity contribution in [2.45, 2.75) is 49.2 Å². The van der Waals surface area contributed by atoms with E-state index < -0.39 is 26.8 Å². The summed E-state index contributed by atoms with van der Waals surface area (Å²) in [5, 5.41) is 5.56. The monoisotopic (exact) mass is 446 g/mol. The highest BCUT2D eigenvalue weighted by Gasteiger charge is 2.30. The van der Waals surface area contributed by atoms with E-state index in [4.69, 9.17) is 0 Å². The molecule has 0 unspecified atom stereocenters. The lowest BCUT2D eigenvalue weighted by atomic mass is 10.0. The summed E-state index contributed by atoms with van der Waals surface area (Å²) in [5.41, 5.74) is 1.50. The maximum Gasteiger partial charge on any atom is 0.319 e. The van der Waals surface area contributed by atoms with Gasteiger partial charge in [-0.3, -0.25) is 4.90 Å². The number of urea groups is 1. The summed E-state index contributed by atoms with van der Waals surface area (Å²) in [5.74, 6) is -0.843. The van der Waals surface area contributed by atoms with Crippen molar-refractivity contribution in [3.63, 3.8) is 0 Å².